The molecule has 0 spiro atoms. The molecule has 6 heteroatoms. The summed E-state index contributed by atoms with van der Waals surface area (Å²) in [6.07, 6.45) is 5.07. The molecule has 0 aliphatic rings. The molecule has 0 aliphatic carbocycles. The van der Waals surface area contributed by atoms with Gasteiger partial charge < -0.3 is 4.74 Å². The zero-order valence-electron chi connectivity index (χ0n) is 11.7. The molecule has 5 nitrogen and oxygen atoms in total. The monoisotopic (exact) mass is 276 g/mol. The third kappa shape index (κ3) is 4.25. The normalized spacial score (nSPS) is 11.7. The highest BCUT2D eigenvalue weighted by Crippen LogP contribution is 2.14. The minimum Gasteiger partial charge on any atom is -0.359 e. The molecule has 2 aromatic rings. The van der Waals surface area contributed by atoms with Gasteiger partial charge in [0.15, 0.2) is 5.82 Å². The van der Waals surface area contributed by atoms with Crippen LogP contribution < -0.4 is 0 Å². The maximum Gasteiger partial charge on any atom is 0.162 e. The van der Waals surface area contributed by atoms with Crippen LogP contribution in [0.2, 0.25) is 25.7 Å². The van der Waals surface area contributed by atoms with Crippen LogP contribution in [-0.4, -0.2) is 34.4 Å². The standard InChI is InChI=1S/C13H20N4OSi/c1-19(2,3)8-7-18-11-17-13(15-10-16-17)12-5-4-6-14-9-12/h4-6,9-10H,7-8,11H2,1-3H3. The summed E-state index contributed by atoms with van der Waals surface area (Å²) in [5, 5.41) is 4.19. The van der Waals surface area contributed by atoms with E-state index >= 15 is 0 Å². The minimum atomic E-state index is -1.04. The lowest BCUT2D eigenvalue weighted by Crippen LogP contribution is -2.22. The molecule has 0 fully saturated rings. The van der Waals surface area contributed by atoms with Crippen molar-refractivity contribution < 1.29 is 4.74 Å². The second kappa shape index (κ2) is 6.07. The highest BCUT2D eigenvalue weighted by molar-refractivity contribution is 6.76. The van der Waals surface area contributed by atoms with Gasteiger partial charge in [-0.2, -0.15) is 5.10 Å². The van der Waals surface area contributed by atoms with Gasteiger partial charge in [-0.1, -0.05) is 19.6 Å². The Bertz CT molecular complexity index is 507. The molecule has 2 heterocycles. The number of nitrogens with zero attached hydrogens (tertiary/aromatic N) is 4. The van der Waals surface area contributed by atoms with Crippen molar-refractivity contribution in [3.63, 3.8) is 0 Å². The fourth-order valence-electron chi connectivity index (χ4n) is 1.61. The molecular formula is C13H20N4OSi. The number of hydrogen-bond donors (Lipinski definition) is 0. The molecule has 2 aromatic heterocycles. The molecular weight excluding hydrogens is 256 g/mol. The predicted octanol–water partition coefficient (Wildman–Crippen LogP) is 2.65. The van der Waals surface area contributed by atoms with Crippen LogP contribution in [0, 0.1) is 0 Å². The Labute approximate surface area is 114 Å². The van der Waals surface area contributed by atoms with Crippen LogP contribution in [0.25, 0.3) is 11.4 Å². The summed E-state index contributed by atoms with van der Waals surface area (Å²) >= 11 is 0. The lowest BCUT2D eigenvalue weighted by Gasteiger charge is -2.15. The van der Waals surface area contributed by atoms with Crippen molar-refractivity contribution in [2.24, 2.45) is 0 Å². The van der Waals surface area contributed by atoms with Crippen molar-refractivity contribution in [1.82, 2.24) is 19.7 Å². The van der Waals surface area contributed by atoms with Gasteiger partial charge >= 0.3 is 0 Å². The molecule has 0 amide bonds. The smallest absolute Gasteiger partial charge is 0.162 e. The van der Waals surface area contributed by atoms with Crippen LogP contribution in [-0.2, 0) is 11.5 Å². The maximum atomic E-state index is 5.69. The molecule has 0 saturated carbocycles. The van der Waals surface area contributed by atoms with E-state index in [4.69, 9.17) is 4.74 Å². The second-order valence-corrected chi connectivity index (χ2v) is 11.3. The Morgan fingerprint density at radius 1 is 1.32 bits per heavy atom. The van der Waals surface area contributed by atoms with E-state index in [0.717, 1.165) is 24.0 Å². The van der Waals surface area contributed by atoms with Gasteiger partial charge in [0, 0.05) is 32.6 Å². The number of aromatic nitrogens is 4. The molecule has 2 rings (SSSR count). The Morgan fingerprint density at radius 2 is 2.16 bits per heavy atom. The fourth-order valence-corrected chi connectivity index (χ4v) is 2.36. The van der Waals surface area contributed by atoms with Gasteiger partial charge in [0.1, 0.15) is 13.1 Å². The minimum absolute atomic E-state index is 0.439. The molecule has 0 unspecified atom stereocenters. The van der Waals surface area contributed by atoms with Gasteiger partial charge in [-0.15, -0.1) is 0 Å². The van der Waals surface area contributed by atoms with Gasteiger partial charge in [-0.05, 0) is 18.2 Å². The topological polar surface area (TPSA) is 52.8 Å². The van der Waals surface area contributed by atoms with Gasteiger partial charge in [-0.25, -0.2) is 9.67 Å². The SMILES string of the molecule is C[Si](C)(C)CCOCn1ncnc1-c1cccnc1. The Balaban J connectivity index is 1.94. The van der Waals surface area contributed by atoms with E-state index < -0.39 is 8.07 Å². The highest BCUT2D eigenvalue weighted by atomic mass is 28.3. The summed E-state index contributed by atoms with van der Waals surface area (Å²) in [7, 11) is -1.04. The number of hydrogen-bond acceptors (Lipinski definition) is 4. The molecule has 0 bridgehead atoms. The maximum absolute atomic E-state index is 5.69. The molecule has 0 saturated heterocycles. The first kappa shape index (κ1) is 13.9. The third-order valence-corrected chi connectivity index (χ3v) is 4.45. The van der Waals surface area contributed by atoms with E-state index in [1.807, 2.05) is 12.1 Å². The summed E-state index contributed by atoms with van der Waals surface area (Å²) in [4.78, 5) is 8.35. The lowest BCUT2D eigenvalue weighted by atomic mass is 10.3. The average molecular weight is 276 g/mol. The fraction of sp³-hybridized carbons (Fsp3) is 0.462. The summed E-state index contributed by atoms with van der Waals surface area (Å²) in [6, 6.07) is 5.01. The Kier molecular flexibility index (Phi) is 4.44. The van der Waals surface area contributed by atoms with Crippen molar-refractivity contribution in [3.05, 3.63) is 30.9 Å². The first-order valence-electron chi connectivity index (χ1n) is 6.42. The van der Waals surface area contributed by atoms with E-state index in [1.54, 1.807) is 23.4 Å². The highest BCUT2D eigenvalue weighted by Gasteiger charge is 2.12. The number of pyridine rings is 1. The number of ether oxygens (including phenoxy) is 1. The molecule has 0 atom stereocenters. The second-order valence-electron chi connectivity index (χ2n) is 5.67. The van der Waals surface area contributed by atoms with E-state index in [1.165, 1.54) is 0 Å². The first-order valence-corrected chi connectivity index (χ1v) is 10.1. The van der Waals surface area contributed by atoms with Crippen LogP contribution in [0.1, 0.15) is 0 Å². The Hall–Kier alpha value is -1.53. The van der Waals surface area contributed by atoms with Crippen molar-refractivity contribution in [2.75, 3.05) is 6.61 Å². The molecule has 0 N–H and O–H groups in total. The molecule has 102 valence electrons. The quantitative estimate of drug-likeness (QED) is 0.601. The summed E-state index contributed by atoms with van der Waals surface area (Å²) in [6.45, 7) is 8.24. The molecule has 0 aliphatic heterocycles. The van der Waals surface area contributed by atoms with E-state index in [-0.39, 0.29) is 0 Å². The van der Waals surface area contributed by atoms with Gasteiger partial charge in [-0.3, -0.25) is 4.98 Å². The molecule has 0 radical (unpaired) electrons. The molecule has 19 heavy (non-hydrogen) atoms. The van der Waals surface area contributed by atoms with Crippen LogP contribution in [0.4, 0.5) is 0 Å². The van der Waals surface area contributed by atoms with Gasteiger partial charge in [0.05, 0.1) is 0 Å². The van der Waals surface area contributed by atoms with Crippen LogP contribution in [0.15, 0.2) is 30.9 Å². The van der Waals surface area contributed by atoms with E-state index in [0.29, 0.717) is 6.73 Å². The largest absolute Gasteiger partial charge is 0.359 e. The average Bonchev–Trinajstić information content (AvgIpc) is 2.83. The van der Waals surface area contributed by atoms with Crippen LogP contribution >= 0.6 is 0 Å². The number of rotatable bonds is 6. The predicted molar refractivity (Wildman–Crippen MR) is 77.4 cm³/mol. The van der Waals surface area contributed by atoms with Gasteiger partial charge in [0.25, 0.3) is 0 Å². The van der Waals surface area contributed by atoms with E-state index in [9.17, 15) is 0 Å². The third-order valence-electron chi connectivity index (χ3n) is 2.75. The van der Waals surface area contributed by atoms with Crippen molar-refractivity contribution in [3.8, 4) is 11.4 Å². The molecule has 0 aromatic carbocycles. The zero-order valence-corrected chi connectivity index (χ0v) is 12.7. The van der Waals surface area contributed by atoms with Crippen molar-refractivity contribution >= 4 is 8.07 Å². The van der Waals surface area contributed by atoms with E-state index in [2.05, 4.69) is 34.7 Å². The van der Waals surface area contributed by atoms with Crippen LogP contribution in [0.5, 0.6) is 0 Å². The van der Waals surface area contributed by atoms with Crippen molar-refractivity contribution in [2.45, 2.75) is 32.4 Å². The Morgan fingerprint density at radius 3 is 2.84 bits per heavy atom. The van der Waals surface area contributed by atoms with Crippen molar-refractivity contribution in [1.29, 1.82) is 0 Å². The van der Waals surface area contributed by atoms with Gasteiger partial charge in [0.2, 0.25) is 0 Å². The summed E-state index contributed by atoms with van der Waals surface area (Å²) in [5.41, 5.74) is 0.953. The lowest BCUT2D eigenvalue weighted by molar-refractivity contribution is 0.0796. The summed E-state index contributed by atoms with van der Waals surface area (Å²) < 4.78 is 7.46. The first-order chi connectivity index (χ1) is 9.06. The van der Waals surface area contributed by atoms with Crippen LogP contribution in [0.3, 0.4) is 0 Å². The zero-order chi connectivity index (χ0) is 13.7. The summed E-state index contributed by atoms with van der Waals surface area (Å²) in [5.74, 6) is 0.793.